The van der Waals surface area contributed by atoms with E-state index in [9.17, 15) is 12.8 Å². The summed E-state index contributed by atoms with van der Waals surface area (Å²) in [5, 5.41) is -0.0445. The molecule has 0 fully saturated rings. The molecule has 2 N–H and O–H groups in total. The molecular weight excluding hydrogens is 309 g/mol. The van der Waals surface area contributed by atoms with Crippen LogP contribution in [-0.4, -0.2) is 19.4 Å². The summed E-state index contributed by atoms with van der Waals surface area (Å²) in [5.74, 6) is -0.647. The van der Waals surface area contributed by atoms with E-state index >= 15 is 0 Å². The van der Waals surface area contributed by atoms with Crippen molar-refractivity contribution in [3.05, 3.63) is 53.8 Å². The molecule has 0 spiro atoms. The summed E-state index contributed by atoms with van der Waals surface area (Å²) < 4.78 is 38.2. The van der Waals surface area contributed by atoms with Crippen molar-refractivity contribution in [1.29, 1.82) is 0 Å². The molecule has 0 saturated carbocycles. The fraction of sp³-hybridized carbons (Fsp3) is 0.200. The van der Waals surface area contributed by atoms with E-state index in [1.807, 2.05) is 24.3 Å². The van der Waals surface area contributed by atoms with Crippen LogP contribution in [0.3, 0.4) is 0 Å². The molecule has 1 aliphatic rings. The Balaban J connectivity index is 1.82. The molecule has 110 valence electrons. The van der Waals surface area contributed by atoms with Crippen molar-refractivity contribution in [2.45, 2.75) is 21.5 Å². The Morgan fingerprint density at radius 3 is 2.71 bits per heavy atom. The summed E-state index contributed by atoms with van der Waals surface area (Å²) in [6.07, 6.45) is 0.713. The van der Waals surface area contributed by atoms with Crippen LogP contribution in [0.5, 0.6) is 0 Å². The third-order valence-electron chi connectivity index (χ3n) is 3.37. The van der Waals surface area contributed by atoms with Crippen molar-refractivity contribution < 1.29 is 12.8 Å². The monoisotopic (exact) mass is 323 g/mol. The number of benzene rings is 2. The highest BCUT2D eigenvalue weighted by molar-refractivity contribution is 8.01. The van der Waals surface area contributed by atoms with E-state index in [-0.39, 0.29) is 21.6 Å². The zero-order valence-electron chi connectivity index (χ0n) is 11.1. The van der Waals surface area contributed by atoms with E-state index in [0.29, 0.717) is 6.42 Å². The van der Waals surface area contributed by atoms with Crippen LogP contribution in [-0.2, 0) is 16.3 Å². The minimum absolute atomic E-state index is 0.0186. The quantitative estimate of drug-likeness (QED) is 0.882. The van der Waals surface area contributed by atoms with Gasteiger partial charge in [-0.2, -0.15) is 0 Å². The SMILES string of the molecule is Nc1cc(F)cc(S(=O)(=O)CC2Cc3ccccc3S2)c1. The van der Waals surface area contributed by atoms with Gasteiger partial charge in [0.25, 0.3) is 0 Å². The second-order valence-corrected chi connectivity index (χ2v) is 8.43. The highest BCUT2D eigenvalue weighted by Crippen LogP contribution is 2.38. The second kappa shape index (κ2) is 5.35. The van der Waals surface area contributed by atoms with Gasteiger partial charge in [0.2, 0.25) is 0 Å². The number of fused-ring (bicyclic) bond motifs is 1. The Morgan fingerprint density at radius 1 is 1.24 bits per heavy atom. The summed E-state index contributed by atoms with van der Waals surface area (Å²) >= 11 is 1.56. The second-order valence-electron chi connectivity index (χ2n) is 5.05. The number of nitrogens with two attached hydrogens (primary N) is 1. The van der Waals surface area contributed by atoms with Crippen LogP contribution in [0.4, 0.5) is 10.1 Å². The minimum atomic E-state index is -3.55. The third-order valence-corrected chi connectivity index (χ3v) is 6.70. The Kier molecular flexibility index (Phi) is 3.67. The van der Waals surface area contributed by atoms with Crippen LogP contribution in [0, 0.1) is 5.82 Å². The van der Waals surface area contributed by atoms with E-state index in [0.717, 1.165) is 17.0 Å². The molecule has 1 heterocycles. The number of anilines is 1. The number of hydrogen-bond acceptors (Lipinski definition) is 4. The smallest absolute Gasteiger partial charge is 0.179 e. The number of nitrogen functional groups attached to an aromatic ring is 1. The lowest BCUT2D eigenvalue weighted by Crippen LogP contribution is -2.18. The molecular formula is C15H14FNO2S2. The zero-order valence-corrected chi connectivity index (χ0v) is 12.8. The Labute approximate surface area is 127 Å². The van der Waals surface area contributed by atoms with Crippen molar-refractivity contribution in [3.8, 4) is 0 Å². The van der Waals surface area contributed by atoms with Crippen molar-refractivity contribution in [3.63, 3.8) is 0 Å². The molecule has 1 atom stereocenters. The fourth-order valence-electron chi connectivity index (χ4n) is 2.45. The predicted octanol–water partition coefficient (Wildman–Crippen LogP) is 2.90. The first-order valence-corrected chi connectivity index (χ1v) is 9.00. The Hall–Kier alpha value is -1.53. The van der Waals surface area contributed by atoms with Gasteiger partial charge in [0.05, 0.1) is 10.6 Å². The molecule has 0 aliphatic carbocycles. The fourth-order valence-corrected chi connectivity index (χ4v) is 5.75. The van der Waals surface area contributed by atoms with Gasteiger partial charge >= 0.3 is 0 Å². The van der Waals surface area contributed by atoms with E-state index in [4.69, 9.17) is 5.73 Å². The zero-order chi connectivity index (χ0) is 15.0. The molecule has 0 amide bonds. The summed E-state index contributed by atoms with van der Waals surface area (Å²) in [6.45, 7) is 0. The molecule has 3 rings (SSSR count). The van der Waals surface area contributed by atoms with Crippen LogP contribution in [0.25, 0.3) is 0 Å². The first kappa shape index (κ1) is 14.4. The van der Waals surface area contributed by atoms with E-state index in [2.05, 4.69) is 0 Å². The summed E-state index contributed by atoms with van der Waals surface area (Å²) in [4.78, 5) is 1.08. The van der Waals surface area contributed by atoms with Gasteiger partial charge in [0.1, 0.15) is 5.82 Å². The highest BCUT2D eigenvalue weighted by atomic mass is 32.2. The van der Waals surface area contributed by atoms with Gasteiger partial charge in [-0.05, 0) is 36.2 Å². The van der Waals surface area contributed by atoms with Gasteiger partial charge in [0, 0.05) is 15.8 Å². The molecule has 1 aliphatic heterocycles. The molecule has 21 heavy (non-hydrogen) atoms. The third kappa shape index (κ3) is 3.06. The maximum absolute atomic E-state index is 13.3. The molecule has 2 aromatic carbocycles. The molecule has 0 saturated heterocycles. The van der Waals surface area contributed by atoms with Gasteiger partial charge in [-0.3, -0.25) is 0 Å². The maximum atomic E-state index is 13.3. The van der Waals surface area contributed by atoms with Crippen LogP contribution in [0.1, 0.15) is 5.56 Å². The summed E-state index contributed by atoms with van der Waals surface area (Å²) in [6, 6.07) is 11.3. The summed E-state index contributed by atoms with van der Waals surface area (Å²) in [7, 11) is -3.55. The standard InChI is InChI=1S/C15H14FNO2S2/c16-11-6-12(17)8-14(7-11)21(18,19)9-13-5-10-3-1-2-4-15(10)20-13/h1-4,6-8,13H,5,9,17H2. The molecule has 0 aromatic heterocycles. The molecule has 2 aromatic rings. The lowest BCUT2D eigenvalue weighted by Gasteiger charge is -2.10. The van der Waals surface area contributed by atoms with Crippen LogP contribution in [0.2, 0.25) is 0 Å². The number of rotatable bonds is 3. The number of sulfone groups is 1. The van der Waals surface area contributed by atoms with Gasteiger partial charge in [-0.15, -0.1) is 11.8 Å². The van der Waals surface area contributed by atoms with Gasteiger partial charge in [-0.1, -0.05) is 18.2 Å². The van der Waals surface area contributed by atoms with Gasteiger partial charge in [0.15, 0.2) is 9.84 Å². The average molecular weight is 323 g/mol. The molecule has 1 unspecified atom stereocenters. The molecule has 3 nitrogen and oxygen atoms in total. The number of thioether (sulfide) groups is 1. The lowest BCUT2D eigenvalue weighted by molar-refractivity contribution is 0.589. The number of halogens is 1. The van der Waals surface area contributed by atoms with E-state index in [1.54, 1.807) is 11.8 Å². The average Bonchev–Trinajstić information content (AvgIpc) is 2.78. The largest absolute Gasteiger partial charge is 0.399 e. The van der Waals surface area contributed by atoms with Crippen LogP contribution in [0.15, 0.2) is 52.3 Å². The maximum Gasteiger partial charge on any atom is 0.179 e. The molecule has 6 heteroatoms. The predicted molar refractivity (Wildman–Crippen MR) is 82.7 cm³/mol. The molecule has 0 radical (unpaired) electrons. The van der Waals surface area contributed by atoms with Crippen molar-refractivity contribution >= 4 is 27.3 Å². The van der Waals surface area contributed by atoms with Crippen LogP contribution >= 0.6 is 11.8 Å². The van der Waals surface area contributed by atoms with Gasteiger partial charge in [-0.25, -0.2) is 12.8 Å². The first-order chi connectivity index (χ1) is 9.94. The summed E-state index contributed by atoms with van der Waals surface area (Å²) in [5.41, 5.74) is 6.81. The van der Waals surface area contributed by atoms with Crippen LogP contribution < -0.4 is 5.73 Å². The van der Waals surface area contributed by atoms with Crippen molar-refractivity contribution in [2.75, 3.05) is 11.5 Å². The normalized spacial score (nSPS) is 17.7. The van der Waals surface area contributed by atoms with E-state index in [1.165, 1.54) is 11.6 Å². The Morgan fingerprint density at radius 2 is 2.00 bits per heavy atom. The highest BCUT2D eigenvalue weighted by Gasteiger charge is 2.28. The minimum Gasteiger partial charge on any atom is -0.399 e. The van der Waals surface area contributed by atoms with E-state index < -0.39 is 15.7 Å². The van der Waals surface area contributed by atoms with Crippen molar-refractivity contribution in [2.24, 2.45) is 0 Å². The topological polar surface area (TPSA) is 60.2 Å². The first-order valence-electron chi connectivity index (χ1n) is 6.47. The Bertz CT molecular complexity index is 745. The number of hydrogen-bond donors (Lipinski definition) is 1. The lowest BCUT2D eigenvalue weighted by atomic mass is 10.1. The van der Waals surface area contributed by atoms with Gasteiger partial charge < -0.3 is 5.73 Å². The van der Waals surface area contributed by atoms with Crippen molar-refractivity contribution in [1.82, 2.24) is 0 Å². The molecule has 0 bridgehead atoms.